The highest BCUT2D eigenvalue weighted by atomic mass is 35.5. The standard InChI is InChI=1S/C14H22N2O2.ClH/c1-4-18-13-7-5-6-12(8-13)9-16-14(17)10(2)11(3)15;/h5-8,10-11H,4,9,15H2,1-3H3,(H,16,17);1H. The Bertz CT molecular complexity index is 397. The van der Waals surface area contributed by atoms with Crippen molar-refractivity contribution in [3.63, 3.8) is 0 Å². The Balaban J connectivity index is 0.00000324. The molecule has 2 unspecified atom stereocenters. The molecular weight excluding hydrogens is 264 g/mol. The Kier molecular flexibility index (Phi) is 8.19. The van der Waals surface area contributed by atoms with Gasteiger partial charge in [-0.3, -0.25) is 4.79 Å². The normalized spacial score (nSPS) is 13.1. The minimum Gasteiger partial charge on any atom is -0.494 e. The highest BCUT2D eigenvalue weighted by Crippen LogP contribution is 2.13. The molecule has 2 atom stereocenters. The third kappa shape index (κ3) is 5.94. The molecule has 0 spiro atoms. The van der Waals surface area contributed by atoms with Crippen LogP contribution in [0.1, 0.15) is 26.3 Å². The van der Waals surface area contributed by atoms with Crippen molar-refractivity contribution in [3.05, 3.63) is 29.8 Å². The zero-order valence-electron chi connectivity index (χ0n) is 11.7. The van der Waals surface area contributed by atoms with Crippen LogP contribution >= 0.6 is 12.4 Å². The fraction of sp³-hybridized carbons (Fsp3) is 0.500. The summed E-state index contributed by atoms with van der Waals surface area (Å²) in [6, 6.07) is 7.57. The van der Waals surface area contributed by atoms with Gasteiger partial charge in [0, 0.05) is 18.5 Å². The third-order valence-corrected chi connectivity index (χ3v) is 2.88. The van der Waals surface area contributed by atoms with Crippen molar-refractivity contribution in [2.24, 2.45) is 11.7 Å². The summed E-state index contributed by atoms with van der Waals surface area (Å²) in [5.41, 5.74) is 6.71. The van der Waals surface area contributed by atoms with Crippen LogP contribution in [-0.2, 0) is 11.3 Å². The van der Waals surface area contributed by atoms with Crippen LogP contribution in [0.5, 0.6) is 5.75 Å². The molecule has 0 aliphatic rings. The number of carbonyl (C=O) groups excluding carboxylic acids is 1. The number of nitrogens with one attached hydrogen (secondary N) is 1. The number of amides is 1. The fourth-order valence-electron chi connectivity index (χ4n) is 1.50. The molecule has 19 heavy (non-hydrogen) atoms. The first-order chi connectivity index (χ1) is 8.54. The van der Waals surface area contributed by atoms with E-state index in [1.807, 2.05) is 45.0 Å². The van der Waals surface area contributed by atoms with Gasteiger partial charge in [0.2, 0.25) is 5.91 Å². The van der Waals surface area contributed by atoms with E-state index in [2.05, 4.69) is 5.32 Å². The molecule has 1 amide bonds. The van der Waals surface area contributed by atoms with E-state index in [1.165, 1.54) is 0 Å². The predicted octanol–water partition coefficient (Wildman–Crippen LogP) is 2.11. The van der Waals surface area contributed by atoms with Gasteiger partial charge in [0.25, 0.3) is 0 Å². The Labute approximate surface area is 121 Å². The van der Waals surface area contributed by atoms with E-state index < -0.39 is 0 Å². The summed E-state index contributed by atoms with van der Waals surface area (Å²) in [7, 11) is 0. The van der Waals surface area contributed by atoms with Gasteiger partial charge in [-0.05, 0) is 31.5 Å². The van der Waals surface area contributed by atoms with Gasteiger partial charge in [0.15, 0.2) is 0 Å². The van der Waals surface area contributed by atoms with Crippen molar-refractivity contribution >= 4 is 18.3 Å². The van der Waals surface area contributed by atoms with Crippen molar-refractivity contribution in [3.8, 4) is 5.75 Å². The first-order valence-corrected chi connectivity index (χ1v) is 6.29. The largest absolute Gasteiger partial charge is 0.494 e. The number of ether oxygens (including phenoxy) is 1. The van der Waals surface area contributed by atoms with E-state index in [1.54, 1.807) is 0 Å². The van der Waals surface area contributed by atoms with Crippen LogP contribution in [-0.4, -0.2) is 18.6 Å². The third-order valence-electron chi connectivity index (χ3n) is 2.88. The van der Waals surface area contributed by atoms with Crippen LogP contribution < -0.4 is 15.8 Å². The highest BCUT2D eigenvalue weighted by molar-refractivity contribution is 5.85. The van der Waals surface area contributed by atoms with Crippen molar-refractivity contribution in [2.75, 3.05) is 6.61 Å². The molecule has 0 heterocycles. The lowest BCUT2D eigenvalue weighted by Gasteiger charge is -2.15. The van der Waals surface area contributed by atoms with Crippen LogP contribution in [0.2, 0.25) is 0 Å². The minimum absolute atomic E-state index is 0. The van der Waals surface area contributed by atoms with E-state index in [0.29, 0.717) is 13.2 Å². The Hall–Kier alpha value is -1.26. The van der Waals surface area contributed by atoms with Gasteiger partial charge in [0.05, 0.1) is 6.61 Å². The number of carbonyl (C=O) groups is 1. The Morgan fingerprint density at radius 1 is 1.42 bits per heavy atom. The van der Waals surface area contributed by atoms with Gasteiger partial charge < -0.3 is 15.8 Å². The second kappa shape index (κ2) is 8.77. The van der Waals surface area contributed by atoms with E-state index in [-0.39, 0.29) is 30.3 Å². The lowest BCUT2D eigenvalue weighted by molar-refractivity contribution is -0.125. The second-order valence-corrected chi connectivity index (χ2v) is 4.45. The Morgan fingerprint density at radius 3 is 2.68 bits per heavy atom. The molecular formula is C14H23ClN2O2. The SMILES string of the molecule is CCOc1cccc(CNC(=O)C(C)C(C)N)c1.Cl. The minimum atomic E-state index is -0.180. The summed E-state index contributed by atoms with van der Waals surface area (Å²) in [6.07, 6.45) is 0. The first kappa shape index (κ1) is 17.7. The number of rotatable bonds is 6. The number of hydrogen-bond donors (Lipinski definition) is 2. The zero-order valence-corrected chi connectivity index (χ0v) is 12.5. The van der Waals surface area contributed by atoms with E-state index in [0.717, 1.165) is 11.3 Å². The summed E-state index contributed by atoms with van der Waals surface area (Å²) in [6.45, 7) is 6.74. The monoisotopic (exact) mass is 286 g/mol. The van der Waals surface area contributed by atoms with Crippen LogP contribution in [0, 0.1) is 5.92 Å². The Morgan fingerprint density at radius 2 is 2.11 bits per heavy atom. The molecule has 0 aromatic heterocycles. The molecule has 1 aromatic rings. The maximum absolute atomic E-state index is 11.7. The summed E-state index contributed by atoms with van der Waals surface area (Å²) in [5.74, 6) is 0.622. The van der Waals surface area contributed by atoms with E-state index >= 15 is 0 Å². The van der Waals surface area contributed by atoms with E-state index in [9.17, 15) is 4.79 Å². The number of halogens is 1. The first-order valence-electron chi connectivity index (χ1n) is 6.29. The summed E-state index contributed by atoms with van der Waals surface area (Å²) in [4.78, 5) is 11.7. The van der Waals surface area contributed by atoms with Gasteiger partial charge in [-0.15, -0.1) is 12.4 Å². The van der Waals surface area contributed by atoms with E-state index in [4.69, 9.17) is 10.5 Å². The van der Waals surface area contributed by atoms with Gasteiger partial charge in [-0.1, -0.05) is 19.1 Å². The van der Waals surface area contributed by atoms with Crippen molar-refractivity contribution in [1.29, 1.82) is 0 Å². The average molecular weight is 287 g/mol. The van der Waals surface area contributed by atoms with Crippen LogP contribution in [0.15, 0.2) is 24.3 Å². The van der Waals surface area contributed by atoms with Crippen LogP contribution in [0.25, 0.3) is 0 Å². The maximum atomic E-state index is 11.7. The molecule has 108 valence electrons. The van der Waals surface area contributed by atoms with Gasteiger partial charge in [-0.25, -0.2) is 0 Å². The van der Waals surface area contributed by atoms with Gasteiger partial charge in [0.1, 0.15) is 5.75 Å². The van der Waals surface area contributed by atoms with Crippen molar-refractivity contribution in [1.82, 2.24) is 5.32 Å². The molecule has 0 aliphatic heterocycles. The molecule has 0 bridgehead atoms. The number of hydrogen-bond acceptors (Lipinski definition) is 3. The van der Waals surface area contributed by atoms with Crippen LogP contribution in [0.3, 0.4) is 0 Å². The predicted molar refractivity (Wildman–Crippen MR) is 79.5 cm³/mol. The summed E-state index contributed by atoms with van der Waals surface area (Å²) >= 11 is 0. The van der Waals surface area contributed by atoms with Crippen molar-refractivity contribution < 1.29 is 9.53 Å². The topological polar surface area (TPSA) is 64.3 Å². The number of nitrogens with two attached hydrogens (primary N) is 1. The molecule has 4 nitrogen and oxygen atoms in total. The zero-order chi connectivity index (χ0) is 13.5. The molecule has 0 saturated carbocycles. The fourth-order valence-corrected chi connectivity index (χ4v) is 1.50. The molecule has 0 fully saturated rings. The second-order valence-electron chi connectivity index (χ2n) is 4.45. The number of benzene rings is 1. The van der Waals surface area contributed by atoms with Gasteiger partial charge in [-0.2, -0.15) is 0 Å². The molecule has 0 saturated heterocycles. The van der Waals surface area contributed by atoms with Crippen LogP contribution in [0.4, 0.5) is 0 Å². The average Bonchev–Trinajstić information content (AvgIpc) is 2.36. The summed E-state index contributed by atoms with van der Waals surface area (Å²) in [5, 5.41) is 2.87. The maximum Gasteiger partial charge on any atom is 0.224 e. The molecule has 1 rings (SSSR count). The summed E-state index contributed by atoms with van der Waals surface area (Å²) < 4.78 is 5.41. The quantitative estimate of drug-likeness (QED) is 0.842. The lowest BCUT2D eigenvalue weighted by atomic mass is 10.0. The highest BCUT2D eigenvalue weighted by Gasteiger charge is 2.16. The smallest absolute Gasteiger partial charge is 0.224 e. The van der Waals surface area contributed by atoms with Crippen molar-refractivity contribution in [2.45, 2.75) is 33.4 Å². The molecule has 0 aliphatic carbocycles. The van der Waals surface area contributed by atoms with Gasteiger partial charge >= 0.3 is 0 Å². The molecule has 5 heteroatoms. The molecule has 0 radical (unpaired) electrons. The molecule has 3 N–H and O–H groups in total. The molecule has 1 aromatic carbocycles. The lowest BCUT2D eigenvalue weighted by Crippen LogP contribution is -2.38.